The van der Waals surface area contributed by atoms with Gasteiger partial charge in [-0.2, -0.15) is 0 Å². The minimum Gasteiger partial charge on any atom is -0.508 e. The Balaban J connectivity index is 1.09. The zero-order chi connectivity index (χ0) is 50.7. The smallest absolute Gasteiger partial charge is 0.200 e. The molecule has 0 amide bonds. The zero-order valence-electron chi connectivity index (χ0n) is 41.9. The van der Waals surface area contributed by atoms with Gasteiger partial charge in [-0.05, 0) is 187 Å². The second-order valence-corrected chi connectivity index (χ2v) is 22.6. The molecule has 3 fully saturated rings. The van der Waals surface area contributed by atoms with Crippen molar-refractivity contribution in [3.8, 4) is 51.5 Å². The van der Waals surface area contributed by atoms with Gasteiger partial charge < -0.3 is 45.1 Å². The van der Waals surface area contributed by atoms with E-state index in [9.17, 15) is 30.6 Å². The number of rotatable bonds is 15. The lowest BCUT2D eigenvalue weighted by Gasteiger charge is -2.60. The van der Waals surface area contributed by atoms with Gasteiger partial charge in [-0.1, -0.05) is 81.3 Å². The molecular weight excluding hydrogens is 917 g/mol. The number of ether oxygens (including phenoxy) is 2. The minimum absolute atomic E-state index is 0.0299. The molecule has 0 aliphatic heterocycles. The van der Waals surface area contributed by atoms with Gasteiger partial charge in [0.2, 0.25) is 5.75 Å². The Morgan fingerprint density at radius 3 is 2.41 bits per heavy atom. The second kappa shape index (κ2) is 19.8. The van der Waals surface area contributed by atoms with Crippen molar-refractivity contribution in [1.29, 1.82) is 0 Å². The fourth-order valence-corrected chi connectivity index (χ4v) is 15.5. The standard InChI is InChI=1S/C62H70N2O9/c1-34(2)12-17-38-8-6-23-62(48-11-4-3-10-43(48)58-44(57(38)62)22-24-64-58)49-30-40-29-45-39(25-35-13-18-41(65)19-14-35)28-46(50(67)20-15-36-16-21-51(68)53(27-36)73-33-63)59(70)56(45)55(49)47-31-52(69)60(71)61(54(40)47)72-32-37-7-5-9-42(66)26-37/h3-5,7,9-11,13-14,16,18-19,21-22,24,26-27,31,34,38-40,45-46,49,55-57,59,64-66,68-71H,6,8,12,15,17,20,23,25,28-30,32-33,63H2,1-2H3/t38-,39+,40-,45+,46-,49-,55-,56+,57+,59-,62+/m0/s1. The molecule has 73 heavy (non-hydrogen) atoms. The summed E-state index contributed by atoms with van der Waals surface area (Å²) in [7, 11) is 0. The Labute approximate surface area is 428 Å². The predicted molar refractivity (Wildman–Crippen MR) is 280 cm³/mol. The number of aromatic nitrogens is 1. The van der Waals surface area contributed by atoms with Crippen molar-refractivity contribution < 1.29 is 44.9 Å². The number of Topliss-reactive ketones (excluding diaryl/α,β-unsaturated/α-hetero) is 1. The SMILES string of the molecule is CC(C)CC[C@@H]1CCC[C@]2([C@H]3C[C@@H]4C[C@@H]5[C@H](Cc6ccc(O)cc6)C[C@@H](C(=O)CCc6ccc(O)c(OCN)c6)[C@H](O)[C@H]5[C@H]3c3cc(O)c(O)c(OCc5cccc(O)c5)c34)c3ccccc3-c3[nH]ccc3[C@@H]12. The fraction of sp³-hybridized carbons (Fsp3) is 0.435. The summed E-state index contributed by atoms with van der Waals surface area (Å²) in [4.78, 5) is 18.8. The van der Waals surface area contributed by atoms with Crippen LogP contribution in [-0.2, 0) is 29.7 Å². The molecule has 1 aromatic heterocycles. The molecule has 1 heterocycles. The molecule has 3 saturated carbocycles. The number of aromatic hydroxyl groups is 5. The molecule has 11 atom stereocenters. The lowest BCUT2D eigenvalue weighted by Crippen LogP contribution is -2.55. The number of phenols is 5. The van der Waals surface area contributed by atoms with E-state index in [2.05, 4.69) is 55.4 Å². The summed E-state index contributed by atoms with van der Waals surface area (Å²) in [6.45, 7) is 4.56. The molecule has 6 aliphatic carbocycles. The highest BCUT2D eigenvalue weighted by atomic mass is 16.5. The number of aromatic amines is 1. The van der Waals surface area contributed by atoms with Gasteiger partial charge in [-0.3, -0.25) is 10.5 Å². The number of aryl methyl sites for hydroxylation is 1. The summed E-state index contributed by atoms with van der Waals surface area (Å²) in [6, 6.07) is 32.3. The molecule has 0 radical (unpaired) electrons. The van der Waals surface area contributed by atoms with Crippen molar-refractivity contribution in [3.63, 3.8) is 0 Å². The maximum absolute atomic E-state index is 15.2. The van der Waals surface area contributed by atoms with E-state index in [0.717, 1.165) is 60.8 Å². The topological polar surface area (TPSA) is 199 Å². The Hall–Kier alpha value is -6.43. The van der Waals surface area contributed by atoms with Crippen LogP contribution in [0.15, 0.2) is 109 Å². The number of benzene rings is 5. The molecule has 6 aliphatic rings. The maximum atomic E-state index is 15.2. The number of fused-ring (bicyclic) bond motifs is 8. The first-order valence-corrected chi connectivity index (χ1v) is 26.7. The van der Waals surface area contributed by atoms with E-state index in [1.54, 1.807) is 54.6 Å². The monoisotopic (exact) mass is 987 g/mol. The van der Waals surface area contributed by atoms with Crippen molar-refractivity contribution in [2.45, 2.75) is 120 Å². The molecule has 0 unspecified atom stereocenters. The van der Waals surface area contributed by atoms with E-state index in [1.807, 2.05) is 18.2 Å². The molecule has 0 saturated heterocycles. The summed E-state index contributed by atoms with van der Waals surface area (Å²) in [5.74, 6) is -0.613. The van der Waals surface area contributed by atoms with E-state index >= 15 is 4.79 Å². The van der Waals surface area contributed by atoms with Crippen molar-refractivity contribution in [3.05, 3.63) is 148 Å². The van der Waals surface area contributed by atoms with Crippen molar-refractivity contribution in [2.75, 3.05) is 6.73 Å². The number of nitrogens with two attached hydrogens (primary N) is 1. The van der Waals surface area contributed by atoms with Gasteiger partial charge in [0.05, 0.1) is 6.10 Å². The van der Waals surface area contributed by atoms with E-state index in [0.29, 0.717) is 43.1 Å². The van der Waals surface area contributed by atoms with Crippen LogP contribution in [0.3, 0.4) is 0 Å². The van der Waals surface area contributed by atoms with Crippen LogP contribution in [0.1, 0.15) is 128 Å². The van der Waals surface area contributed by atoms with Crippen LogP contribution in [0.5, 0.6) is 40.2 Å². The van der Waals surface area contributed by atoms with Crippen molar-refractivity contribution in [2.24, 2.45) is 47.2 Å². The highest BCUT2D eigenvalue weighted by Crippen LogP contribution is 2.72. The number of hydrogen-bond donors (Lipinski definition) is 8. The van der Waals surface area contributed by atoms with Crippen LogP contribution in [0.4, 0.5) is 0 Å². The number of carbonyl (C=O) groups is 1. The lowest BCUT2D eigenvalue weighted by molar-refractivity contribution is -0.136. The number of aliphatic hydroxyl groups excluding tert-OH is 1. The third-order valence-corrected chi connectivity index (χ3v) is 18.3. The van der Waals surface area contributed by atoms with E-state index in [1.165, 1.54) is 22.4 Å². The van der Waals surface area contributed by atoms with E-state index < -0.39 is 17.9 Å². The molecule has 11 heteroatoms. The Kier molecular flexibility index (Phi) is 13.2. The van der Waals surface area contributed by atoms with Crippen LogP contribution in [0, 0.1) is 41.4 Å². The zero-order valence-corrected chi connectivity index (χ0v) is 41.9. The van der Waals surface area contributed by atoms with Gasteiger partial charge in [0.1, 0.15) is 30.6 Å². The summed E-state index contributed by atoms with van der Waals surface area (Å²) < 4.78 is 12.2. The average molecular weight is 987 g/mol. The number of hydrogen-bond acceptors (Lipinski definition) is 10. The van der Waals surface area contributed by atoms with Gasteiger partial charge in [0.25, 0.3) is 0 Å². The number of phenolic OH excluding ortho intramolecular Hbond substituents is 5. The van der Waals surface area contributed by atoms with Crippen LogP contribution in [-0.4, -0.2) is 54.2 Å². The second-order valence-electron chi connectivity index (χ2n) is 22.6. The van der Waals surface area contributed by atoms with Crippen molar-refractivity contribution in [1.82, 2.24) is 4.98 Å². The van der Waals surface area contributed by atoms with Crippen LogP contribution in [0.2, 0.25) is 0 Å². The largest absolute Gasteiger partial charge is 0.508 e. The first-order valence-electron chi connectivity index (χ1n) is 26.7. The summed E-state index contributed by atoms with van der Waals surface area (Å²) in [5, 5.41) is 68.9. The minimum atomic E-state index is -1.04. The first kappa shape index (κ1) is 48.8. The molecule has 11 nitrogen and oxygen atoms in total. The highest BCUT2D eigenvalue weighted by molar-refractivity contribution is 5.82. The molecule has 12 rings (SSSR count). The van der Waals surface area contributed by atoms with Gasteiger partial charge in [0.15, 0.2) is 23.0 Å². The number of ketones is 1. The van der Waals surface area contributed by atoms with E-state index in [4.69, 9.17) is 15.2 Å². The molecule has 6 aromatic rings. The van der Waals surface area contributed by atoms with Crippen molar-refractivity contribution >= 4 is 5.78 Å². The number of aliphatic hydroxyl groups is 1. The van der Waals surface area contributed by atoms with Gasteiger partial charge in [-0.25, -0.2) is 0 Å². The Bertz CT molecular complexity index is 2980. The van der Waals surface area contributed by atoms with E-state index in [-0.39, 0.29) is 107 Å². The van der Waals surface area contributed by atoms with Crippen LogP contribution in [0.25, 0.3) is 11.3 Å². The molecule has 2 bridgehead atoms. The third-order valence-electron chi connectivity index (χ3n) is 18.3. The molecule has 9 N–H and O–H groups in total. The third kappa shape index (κ3) is 8.70. The Morgan fingerprint density at radius 1 is 0.808 bits per heavy atom. The molecular formula is C62H70N2O9. The first-order chi connectivity index (χ1) is 35.3. The Morgan fingerprint density at radius 2 is 1.62 bits per heavy atom. The summed E-state index contributed by atoms with van der Waals surface area (Å²) in [5.41, 5.74) is 14.6. The molecule has 5 aromatic carbocycles. The average Bonchev–Trinajstić information content (AvgIpc) is 3.75. The van der Waals surface area contributed by atoms with Crippen LogP contribution >= 0.6 is 0 Å². The number of nitrogens with one attached hydrogen (secondary N) is 1. The maximum Gasteiger partial charge on any atom is 0.200 e. The van der Waals surface area contributed by atoms with Crippen LogP contribution < -0.4 is 15.2 Å². The van der Waals surface area contributed by atoms with Gasteiger partial charge in [0, 0.05) is 40.8 Å². The molecule has 382 valence electrons. The molecule has 0 spiro atoms. The lowest BCUT2D eigenvalue weighted by atomic mass is 9.43. The summed E-state index contributed by atoms with van der Waals surface area (Å²) >= 11 is 0. The highest BCUT2D eigenvalue weighted by Gasteiger charge is 2.64. The normalized spacial score (nSPS) is 27.7. The number of H-pyrrole nitrogens is 1. The number of carbonyl (C=O) groups excluding carboxylic acids is 1. The predicted octanol–water partition coefficient (Wildman–Crippen LogP) is 11.6. The fourth-order valence-electron chi connectivity index (χ4n) is 15.5. The quantitative estimate of drug-likeness (QED) is 0.0362. The summed E-state index contributed by atoms with van der Waals surface area (Å²) in [6.07, 6.45) is 9.45. The van der Waals surface area contributed by atoms with Gasteiger partial charge in [-0.15, -0.1) is 0 Å². The van der Waals surface area contributed by atoms with Gasteiger partial charge >= 0.3 is 0 Å².